The van der Waals surface area contributed by atoms with Gasteiger partial charge >= 0.3 is 0 Å². The molecule has 0 aliphatic carbocycles. The summed E-state index contributed by atoms with van der Waals surface area (Å²) < 4.78 is 10.8. The van der Waals surface area contributed by atoms with Gasteiger partial charge in [0, 0.05) is 12.1 Å². The number of hydrogen-bond acceptors (Lipinski definition) is 4. The first kappa shape index (κ1) is 19.5. The predicted molar refractivity (Wildman–Crippen MR) is 109 cm³/mol. The fourth-order valence-corrected chi connectivity index (χ4v) is 2.75. The fourth-order valence-electron chi connectivity index (χ4n) is 2.75. The average molecular weight is 379 g/mol. The largest absolute Gasteiger partial charge is 0.497 e. The van der Waals surface area contributed by atoms with E-state index in [0.29, 0.717) is 24.4 Å². The second-order valence-corrected chi connectivity index (χ2v) is 6.42. The Morgan fingerprint density at radius 2 is 1.79 bits per heavy atom. The van der Waals surface area contributed by atoms with E-state index in [-0.39, 0.29) is 5.91 Å². The number of rotatable bonds is 9. The zero-order chi connectivity index (χ0) is 19.8. The van der Waals surface area contributed by atoms with Gasteiger partial charge < -0.3 is 14.8 Å². The van der Waals surface area contributed by atoms with Gasteiger partial charge in [0.2, 0.25) is 0 Å². The van der Waals surface area contributed by atoms with Crippen molar-refractivity contribution in [2.75, 3.05) is 13.7 Å². The highest BCUT2D eigenvalue weighted by Gasteiger charge is 2.15. The molecule has 0 unspecified atom stereocenters. The lowest BCUT2D eigenvalue weighted by molar-refractivity contribution is 0.0951. The third-order valence-electron chi connectivity index (χ3n) is 4.41. The molecule has 0 aliphatic heterocycles. The molecule has 1 aromatic heterocycles. The molecule has 6 nitrogen and oxygen atoms in total. The summed E-state index contributed by atoms with van der Waals surface area (Å²) in [4.78, 5) is 12.6. The van der Waals surface area contributed by atoms with Gasteiger partial charge in [0.05, 0.1) is 31.2 Å². The second kappa shape index (κ2) is 9.60. The maximum absolute atomic E-state index is 12.6. The van der Waals surface area contributed by atoms with E-state index in [1.165, 1.54) is 0 Å². The lowest BCUT2D eigenvalue weighted by Crippen LogP contribution is -2.22. The summed E-state index contributed by atoms with van der Waals surface area (Å²) >= 11 is 0. The van der Waals surface area contributed by atoms with Crippen molar-refractivity contribution in [2.24, 2.45) is 0 Å². The molecule has 2 aromatic carbocycles. The average Bonchev–Trinajstić information content (AvgIpc) is 3.23. The van der Waals surface area contributed by atoms with Crippen LogP contribution in [0, 0.1) is 0 Å². The Labute approximate surface area is 164 Å². The van der Waals surface area contributed by atoms with Gasteiger partial charge in [0.1, 0.15) is 11.5 Å². The van der Waals surface area contributed by atoms with E-state index in [0.717, 1.165) is 35.5 Å². The Bertz CT molecular complexity index is 886. The zero-order valence-electron chi connectivity index (χ0n) is 16.2. The minimum Gasteiger partial charge on any atom is -0.497 e. The van der Waals surface area contributed by atoms with Crippen LogP contribution in [0.2, 0.25) is 0 Å². The van der Waals surface area contributed by atoms with Crippen LogP contribution in [0.4, 0.5) is 0 Å². The Morgan fingerprint density at radius 3 is 2.46 bits per heavy atom. The molecule has 0 spiro atoms. The summed E-state index contributed by atoms with van der Waals surface area (Å²) in [5, 5.41) is 9.90. The number of aromatic amines is 1. The van der Waals surface area contributed by atoms with Crippen LogP contribution in [0.1, 0.15) is 35.7 Å². The Balaban J connectivity index is 1.64. The van der Waals surface area contributed by atoms with E-state index in [9.17, 15) is 4.79 Å². The minimum atomic E-state index is -0.178. The van der Waals surface area contributed by atoms with Crippen molar-refractivity contribution < 1.29 is 14.3 Å². The number of nitrogens with zero attached hydrogens (tertiary/aromatic N) is 1. The van der Waals surface area contributed by atoms with Crippen molar-refractivity contribution >= 4 is 5.91 Å². The summed E-state index contributed by atoms with van der Waals surface area (Å²) in [7, 11) is 1.63. The van der Waals surface area contributed by atoms with Gasteiger partial charge in [-0.15, -0.1) is 0 Å². The number of amides is 1. The molecule has 0 bridgehead atoms. The molecule has 0 atom stereocenters. The molecule has 3 aromatic rings. The van der Waals surface area contributed by atoms with Gasteiger partial charge in [-0.3, -0.25) is 9.89 Å². The van der Waals surface area contributed by atoms with Crippen molar-refractivity contribution in [3.63, 3.8) is 0 Å². The van der Waals surface area contributed by atoms with E-state index in [1.54, 1.807) is 13.3 Å². The number of unbranched alkanes of at least 4 members (excludes halogenated alkanes) is 1. The predicted octanol–water partition coefficient (Wildman–Crippen LogP) is 4.19. The molecular weight excluding hydrogens is 354 g/mol. The van der Waals surface area contributed by atoms with Crippen LogP contribution in [-0.2, 0) is 6.54 Å². The Morgan fingerprint density at radius 1 is 1.07 bits per heavy atom. The molecule has 0 saturated heterocycles. The van der Waals surface area contributed by atoms with E-state index >= 15 is 0 Å². The van der Waals surface area contributed by atoms with E-state index in [2.05, 4.69) is 22.4 Å². The number of carbonyl (C=O) groups is 1. The third-order valence-corrected chi connectivity index (χ3v) is 4.41. The first-order valence-electron chi connectivity index (χ1n) is 9.39. The van der Waals surface area contributed by atoms with Gasteiger partial charge in [0.25, 0.3) is 5.91 Å². The number of hydrogen-bond donors (Lipinski definition) is 2. The summed E-state index contributed by atoms with van der Waals surface area (Å²) in [6.45, 7) is 3.27. The molecule has 2 N–H and O–H groups in total. The van der Waals surface area contributed by atoms with Crippen molar-refractivity contribution in [3.05, 3.63) is 65.9 Å². The number of benzene rings is 2. The molecule has 6 heteroatoms. The van der Waals surface area contributed by atoms with Crippen LogP contribution in [0.25, 0.3) is 11.3 Å². The molecule has 0 aliphatic rings. The summed E-state index contributed by atoms with van der Waals surface area (Å²) in [5.41, 5.74) is 3.07. The number of nitrogens with one attached hydrogen (secondary N) is 2. The zero-order valence-corrected chi connectivity index (χ0v) is 16.2. The van der Waals surface area contributed by atoms with E-state index in [1.807, 2.05) is 48.5 Å². The van der Waals surface area contributed by atoms with Crippen molar-refractivity contribution in [3.8, 4) is 22.8 Å². The smallest absolute Gasteiger partial charge is 0.255 e. The summed E-state index contributed by atoms with van der Waals surface area (Å²) in [5.74, 6) is 1.43. The molecule has 28 heavy (non-hydrogen) atoms. The highest BCUT2D eigenvalue weighted by molar-refractivity contribution is 5.99. The second-order valence-electron chi connectivity index (χ2n) is 6.42. The van der Waals surface area contributed by atoms with Gasteiger partial charge in [0.15, 0.2) is 0 Å². The lowest BCUT2D eigenvalue weighted by Gasteiger charge is -2.08. The highest BCUT2D eigenvalue weighted by Crippen LogP contribution is 2.24. The van der Waals surface area contributed by atoms with Crippen molar-refractivity contribution in [1.29, 1.82) is 0 Å². The number of carbonyl (C=O) groups excluding carboxylic acids is 1. The Kier molecular flexibility index (Phi) is 6.68. The first-order valence-corrected chi connectivity index (χ1v) is 9.39. The van der Waals surface area contributed by atoms with Crippen LogP contribution < -0.4 is 14.8 Å². The van der Waals surface area contributed by atoms with Crippen LogP contribution in [-0.4, -0.2) is 29.8 Å². The standard InChI is InChI=1S/C22H25N3O3/c1-3-4-13-28-19-11-7-17(8-12-19)21-20(15-24-25-21)22(26)23-14-16-5-9-18(27-2)10-6-16/h5-12,15H,3-4,13-14H2,1-2H3,(H,23,26)(H,24,25). The van der Waals surface area contributed by atoms with E-state index in [4.69, 9.17) is 9.47 Å². The number of H-pyrrole nitrogens is 1. The first-order chi connectivity index (χ1) is 13.7. The van der Waals surface area contributed by atoms with Crippen molar-refractivity contribution in [2.45, 2.75) is 26.3 Å². The van der Waals surface area contributed by atoms with Crippen molar-refractivity contribution in [1.82, 2.24) is 15.5 Å². The number of methoxy groups -OCH3 is 1. The number of ether oxygens (including phenoxy) is 2. The molecule has 0 fully saturated rings. The maximum Gasteiger partial charge on any atom is 0.255 e. The molecule has 1 heterocycles. The maximum atomic E-state index is 12.6. The fraction of sp³-hybridized carbons (Fsp3) is 0.273. The van der Waals surface area contributed by atoms with Crippen LogP contribution in [0.5, 0.6) is 11.5 Å². The van der Waals surface area contributed by atoms with Gasteiger partial charge in [-0.05, 0) is 48.4 Å². The molecule has 3 rings (SSSR count). The van der Waals surface area contributed by atoms with Crippen LogP contribution in [0.15, 0.2) is 54.7 Å². The topological polar surface area (TPSA) is 76.2 Å². The minimum absolute atomic E-state index is 0.178. The highest BCUT2D eigenvalue weighted by atomic mass is 16.5. The summed E-state index contributed by atoms with van der Waals surface area (Å²) in [6, 6.07) is 15.3. The summed E-state index contributed by atoms with van der Waals surface area (Å²) in [6.07, 6.45) is 3.67. The quantitative estimate of drug-likeness (QED) is 0.547. The molecule has 146 valence electrons. The normalized spacial score (nSPS) is 10.5. The molecule has 0 saturated carbocycles. The van der Waals surface area contributed by atoms with Gasteiger partial charge in [-0.2, -0.15) is 5.10 Å². The monoisotopic (exact) mass is 379 g/mol. The van der Waals surface area contributed by atoms with Crippen LogP contribution >= 0.6 is 0 Å². The number of aromatic nitrogens is 2. The molecular formula is C22H25N3O3. The van der Waals surface area contributed by atoms with Crippen LogP contribution in [0.3, 0.4) is 0 Å². The molecule has 0 radical (unpaired) electrons. The van der Waals surface area contributed by atoms with E-state index < -0.39 is 0 Å². The Hall–Kier alpha value is -3.28. The SMILES string of the molecule is CCCCOc1ccc(-c2[nH]ncc2C(=O)NCc2ccc(OC)cc2)cc1. The lowest BCUT2D eigenvalue weighted by atomic mass is 10.1. The third kappa shape index (κ3) is 4.91. The van der Waals surface area contributed by atoms with Gasteiger partial charge in [-0.25, -0.2) is 0 Å². The molecule has 1 amide bonds. The van der Waals surface area contributed by atoms with Gasteiger partial charge in [-0.1, -0.05) is 25.5 Å².